The second kappa shape index (κ2) is 6.01. The Morgan fingerprint density at radius 2 is 1.90 bits per heavy atom. The smallest absolute Gasteiger partial charge is 0.170 e. The second-order valence-electron chi connectivity index (χ2n) is 4.01. The predicted molar refractivity (Wildman–Crippen MR) is 69.6 cm³/mol. The molecule has 0 radical (unpaired) electrons. The third-order valence-electron chi connectivity index (χ3n) is 2.68. The normalized spacial score (nSPS) is 11.4. The van der Waals surface area contributed by atoms with Gasteiger partial charge in [0.1, 0.15) is 12.4 Å². The molecule has 20 heavy (non-hydrogen) atoms. The lowest BCUT2D eigenvalue weighted by atomic mass is 10.2. The number of halogens is 2. The molecule has 2 aromatic rings. The first-order valence-electron chi connectivity index (χ1n) is 5.75. The summed E-state index contributed by atoms with van der Waals surface area (Å²) in [6.07, 6.45) is 0. The lowest BCUT2D eigenvalue weighted by Crippen LogP contribution is -2.13. The Labute approximate surface area is 114 Å². The first-order chi connectivity index (χ1) is 9.61. The minimum atomic E-state index is -0.676. The zero-order valence-electron chi connectivity index (χ0n) is 10.4. The minimum Gasteiger partial charge on any atom is -0.486 e. The molecule has 6 heteroatoms. The molecule has 0 bridgehead atoms. The van der Waals surface area contributed by atoms with E-state index < -0.39 is 11.6 Å². The van der Waals surface area contributed by atoms with Crippen molar-refractivity contribution in [3.8, 4) is 5.75 Å². The zero-order valence-corrected chi connectivity index (χ0v) is 10.4. The predicted octanol–water partition coefficient (Wildman–Crippen LogP) is 2.64. The van der Waals surface area contributed by atoms with Crippen LogP contribution in [0.2, 0.25) is 0 Å². The number of hydrogen-bond acceptors (Lipinski definition) is 3. The molecule has 0 amide bonds. The fraction of sp³-hybridized carbons (Fsp3) is 0.0714. The van der Waals surface area contributed by atoms with Gasteiger partial charge in [-0.1, -0.05) is 23.4 Å². The molecule has 0 aromatic heterocycles. The summed E-state index contributed by atoms with van der Waals surface area (Å²) in [5, 5.41) is 11.3. The number of benzene rings is 2. The zero-order chi connectivity index (χ0) is 14.5. The van der Waals surface area contributed by atoms with Gasteiger partial charge in [-0.25, -0.2) is 8.78 Å². The van der Waals surface area contributed by atoms with Crippen molar-refractivity contribution < 1.29 is 18.7 Å². The van der Waals surface area contributed by atoms with E-state index in [0.29, 0.717) is 5.56 Å². The van der Waals surface area contributed by atoms with Gasteiger partial charge in [-0.3, -0.25) is 0 Å². The Morgan fingerprint density at radius 3 is 2.55 bits per heavy atom. The van der Waals surface area contributed by atoms with Gasteiger partial charge < -0.3 is 15.7 Å². The van der Waals surface area contributed by atoms with Crippen molar-refractivity contribution in [2.75, 3.05) is 0 Å². The molecule has 0 spiro atoms. The van der Waals surface area contributed by atoms with Crippen molar-refractivity contribution >= 4 is 5.84 Å². The van der Waals surface area contributed by atoms with E-state index in [4.69, 9.17) is 15.7 Å². The van der Waals surface area contributed by atoms with Crippen LogP contribution in [0.25, 0.3) is 0 Å². The van der Waals surface area contributed by atoms with E-state index in [1.807, 2.05) is 0 Å². The molecule has 0 aliphatic rings. The van der Waals surface area contributed by atoms with Gasteiger partial charge in [0.2, 0.25) is 0 Å². The largest absolute Gasteiger partial charge is 0.486 e. The first-order valence-corrected chi connectivity index (χ1v) is 5.75. The average molecular weight is 278 g/mol. The summed E-state index contributed by atoms with van der Waals surface area (Å²) in [6.45, 7) is -0.0908. The monoisotopic (exact) mass is 278 g/mol. The van der Waals surface area contributed by atoms with Crippen LogP contribution in [0.15, 0.2) is 47.6 Å². The van der Waals surface area contributed by atoms with Crippen LogP contribution in [0.5, 0.6) is 5.75 Å². The molecule has 104 valence electrons. The van der Waals surface area contributed by atoms with Crippen LogP contribution < -0.4 is 10.5 Å². The van der Waals surface area contributed by atoms with E-state index in [1.54, 1.807) is 18.2 Å². The van der Waals surface area contributed by atoms with Gasteiger partial charge in [0.15, 0.2) is 17.4 Å². The number of amidine groups is 1. The van der Waals surface area contributed by atoms with E-state index in [1.165, 1.54) is 18.2 Å². The Kier molecular flexibility index (Phi) is 4.14. The van der Waals surface area contributed by atoms with Crippen molar-refractivity contribution in [1.29, 1.82) is 0 Å². The molecule has 4 nitrogen and oxygen atoms in total. The van der Waals surface area contributed by atoms with E-state index in [0.717, 1.165) is 6.07 Å². The molecule has 0 aliphatic heterocycles. The number of oxime groups is 1. The van der Waals surface area contributed by atoms with Gasteiger partial charge in [0.25, 0.3) is 0 Å². The van der Waals surface area contributed by atoms with Crippen LogP contribution in [0.3, 0.4) is 0 Å². The quantitative estimate of drug-likeness (QED) is 0.391. The van der Waals surface area contributed by atoms with E-state index >= 15 is 0 Å². The summed E-state index contributed by atoms with van der Waals surface area (Å²) < 4.78 is 32.3. The van der Waals surface area contributed by atoms with Gasteiger partial charge in [0.05, 0.1) is 0 Å². The van der Waals surface area contributed by atoms with Crippen LogP contribution in [-0.2, 0) is 6.61 Å². The fourth-order valence-electron chi connectivity index (χ4n) is 1.61. The highest BCUT2D eigenvalue weighted by Gasteiger charge is 2.09. The Balaban J connectivity index is 2.13. The van der Waals surface area contributed by atoms with Crippen molar-refractivity contribution in [3.05, 3.63) is 65.2 Å². The third kappa shape index (κ3) is 3.03. The Bertz CT molecular complexity index is 645. The van der Waals surface area contributed by atoms with E-state index in [9.17, 15) is 8.78 Å². The minimum absolute atomic E-state index is 0.0391. The van der Waals surface area contributed by atoms with Gasteiger partial charge in [-0.2, -0.15) is 0 Å². The molecule has 0 aliphatic carbocycles. The number of rotatable bonds is 4. The fourth-order valence-corrected chi connectivity index (χ4v) is 1.61. The van der Waals surface area contributed by atoms with Gasteiger partial charge in [-0.15, -0.1) is 0 Å². The topological polar surface area (TPSA) is 67.8 Å². The molecule has 0 heterocycles. The summed E-state index contributed by atoms with van der Waals surface area (Å²) in [7, 11) is 0. The lowest BCUT2D eigenvalue weighted by molar-refractivity contribution is 0.284. The highest BCUT2D eigenvalue weighted by Crippen LogP contribution is 2.20. The SMILES string of the molecule is NC(=NO)c1ccc(OCc2ccccc2F)c(F)c1. The van der Waals surface area contributed by atoms with E-state index in [-0.39, 0.29) is 23.8 Å². The first kappa shape index (κ1) is 13.8. The maximum atomic E-state index is 13.7. The second-order valence-corrected chi connectivity index (χ2v) is 4.01. The van der Waals surface area contributed by atoms with Crippen molar-refractivity contribution in [2.24, 2.45) is 10.9 Å². The van der Waals surface area contributed by atoms with Crippen LogP contribution in [0.4, 0.5) is 8.78 Å². The molecule has 0 unspecified atom stereocenters. The highest BCUT2D eigenvalue weighted by molar-refractivity contribution is 5.97. The van der Waals surface area contributed by atoms with Gasteiger partial charge in [-0.05, 0) is 24.3 Å². The summed E-state index contributed by atoms with van der Waals surface area (Å²) in [6, 6.07) is 9.93. The Hall–Kier alpha value is -2.63. The standard InChI is InChI=1S/C14H12F2N2O2/c15-11-4-2-1-3-10(11)8-20-13-6-5-9(7-12(13)16)14(17)18-19/h1-7,19H,8H2,(H2,17,18). The van der Waals surface area contributed by atoms with Crippen LogP contribution >= 0.6 is 0 Å². The molecular formula is C14H12F2N2O2. The van der Waals surface area contributed by atoms with Crippen LogP contribution in [0, 0.1) is 11.6 Å². The molecule has 2 rings (SSSR count). The number of nitrogens with zero attached hydrogens (tertiary/aromatic N) is 1. The molecular weight excluding hydrogens is 266 g/mol. The molecule has 0 saturated carbocycles. The van der Waals surface area contributed by atoms with Gasteiger partial charge >= 0.3 is 0 Å². The maximum absolute atomic E-state index is 13.7. The Morgan fingerprint density at radius 1 is 1.15 bits per heavy atom. The van der Waals surface area contributed by atoms with Crippen molar-refractivity contribution in [2.45, 2.75) is 6.61 Å². The summed E-state index contributed by atoms with van der Waals surface area (Å²) in [4.78, 5) is 0. The van der Waals surface area contributed by atoms with Crippen LogP contribution in [-0.4, -0.2) is 11.0 Å². The molecule has 0 fully saturated rings. The van der Waals surface area contributed by atoms with Crippen LogP contribution in [0.1, 0.15) is 11.1 Å². The maximum Gasteiger partial charge on any atom is 0.170 e. The molecule has 0 saturated heterocycles. The number of hydrogen-bond donors (Lipinski definition) is 2. The van der Waals surface area contributed by atoms with E-state index in [2.05, 4.69) is 5.16 Å². The van der Waals surface area contributed by atoms with Gasteiger partial charge in [0, 0.05) is 11.1 Å². The average Bonchev–Trinajstić information content (AvgIpc) is 2.46. The molecule has 0 atom stereocenters. The van der Waals surface area contributed by atoms with Crippen molar-refractivity contribution in [3.63, 3.8) is 0 Å². The highest BCUT2D eigenvalue weighted by atomic mass is 19.1. The summed E-state index contributed by atoms with van der Waals surface area (Å²) in [5.74, 6) is -1.33. The van der Waals surface area contributed by atoms with Crippen molar-refractivity contribution in [1.82, 2.24) is 0 Å². The summed E-state index contributed by atoms with van der Waals surface area (Å²) >= 11 is 0. The molecule has 3 N–H and O–H groups in total. The third-order valence-corrected chi connectivity index (χ3v) is 2.68. The lowest BCUT2D eigenvalue weighted by Gasteiger charge is -2.09. The molecule has 2 aromatic carbocycles. The number of ether oxygens (including phenoxy) is 1. The number of nitrogens with two attached hydrogens (primary N) is 1. The summed E-state index contributed by atoms with van der Waals surface area (Å²) in [5.41, 5.74) is 5.89.